The molecule has 0 fully saturated rings. The van der Waals surface area contributed by atoms with Gasteiger partial charge in [-0.15, -0.1) is 0 Å². The zero-order chi connectivity index (χ0) is 20.9. The molecule has 0 radical (unpaired) electrons. The van der Waals surface area contributed by atoms with E-state index in [9.17, 15) is 13.2 Å². The molecule has 0 aromatic heterocycles. The molecule has 2 rings (SSSR count). The number of hydrogen-bond donors (Lipinski definition) is 1. The van der Waals surface area contributed by atoms with Crippen LogP contribution >= 0.6 is 11.6 Å². The normalized spacial score (nSPS) is 11.6. The Labute approximate surface area is 172 Å². The average Bonchev–Trinajstić information content (AvgIpc) is 2.69. The first-order valence-electron chi connectivity index (χ1n) is 9.51. The number of benzene rings is 2. The molecule has 2 aromatic rings. The fraction of sp³-hybridized carbons (Fsp3) is 0.381. The summed E-state index contributed by atoms with van der Waals surface area (Å²) >= 11 is 6.30. The highest BCUT2D eigenvalue weighted by atomic mass is 35.5. The third-order valence-electron chi connectivity index (χ3n) is 4.75. The molecule has 0 atom stereocenters. The van der Waals surface area contributed by atoms with Crippen molar-refractivity contribution < 1.29 is 13.2 Å². The molecule has 0 heterocycles. The minimum atomic E-state index is -3.63. The molecule has 0 bridgehead atoms. The second kappa shape index (κ2) is 9.54. The van der Waals surface area contributed by atoms with Gasteiger partial charge in [0, 0.05) is 29.4 Å². The zero-order valence-corrected chi connectivity index (χ0v) is 18.3. The third-order valence-corrected chi connectivity index (χ3v) is 7.15. The first-order chi connectivity index (χ1) is 13.3. The number of rotatable bonds is 8. The van der Waals surface area contributed by atoms with E-state index in [2.05, 4.69) is 5.32 Å². The van der Waals surface area contributed by atoms with Gasteiger partial charge in [0.1, 0.15) is 0 Å². The molecule has 5 nitrogen and oxygen atoms in total. The van der Waals surface area contributed by atoms with Crippen LogP contribution in [-0.4, -0.2) is 31.7 Å². The van der Waals surface area contributed by atoms with Crippen molar-refractivity contribution >= 4 is 33.2 Å². The van der Waals surface area contributed by atoms with Gasteiger partial charge in [0.05, 0.1) is 4.90 Å². The van der Waals surface area contributed by atoms with Gasteiger partial charge >= 0.3 is 0 Å². The molecule has 0 saturated heterocycles. The van der Waals surface area contributed by atoms with E-state index in [-0.39, 0.29) is 16.4 Å². The highest BCUT2D eigenvalue weighted by molar-refractivity contribution is 7.89. The predicted molar refractivity (Wildman–Crippen MR) is 115 cm³/mol. The maximum absolute atomic E-state index is 12.9. The largest absolute Gasteiger partial charge is 0.321 e. The Morgan fingerprint density at radius 3 is 2.29 bits per heavy atom. The topological polar surface area (TPSA) is 66.5 Å². The van der Waals surface area contributed by atoms with E-state index >= 15 is 0 Å². The summed E-state index contributed by atoms with van der Waals surface area (Å²) in [5, 5.41) is 3.55. The number of hydrogen-bond acceptors (Lipinski definition) is 3. The van der Waals surface area contributed by atoms with Crippen LogP contribution in [0.5, 0.6) is 0 Å². The van der Waals surface area contributed by atoms with Gasteiger partial charge in [0.2, 0.25) is 10.0 Å². The van der Waals surface area contributed by atoms with Crippen LogP contribution in [0.3, 0.4) is 0 Å². The summed E-state index contributed by atoms with van der Waals surface area (Å²) in [5.74, 6) is -0.358. The molecule has 0 saturated carbocycles. The van der Waals surface area contributed by atoms with Crippen LogP contribution in [-0.2, 0) is 22.9 Å². The average molecular weight is 423 g/mol. The van der Waals surface area contributed by atoms with Crippen LogP contribution in [0.15, 0.2) is 41.3 Å². The van der Waals surface area contributed by atoms with Gasteiger partial charge in [0.15, 0.2) is 0 Å². The van der Waals surface area contributed by atoms with Gasteiger partial charge in [-0.05, 0) is 48.2 Å². The number of nitrogens with zero attached hydrogens (tertiary/aromatic N) is 1. The first-order valence-corrected chi connectivity index (χ1v) is 11.3. The van der Waals surface area contributed by atoms with Crippen molar-refractivity contribution in [1.82, 2.24) is 4.31 Å². The molecule has 152 valence electrons. The molecule has 0 aliphatic heterocycles. The smallest absolute Gasteiger partial charge is 0.255 e. The Bertz CT molecular complexity index is 954. The number of aryl methyl sites for hydroxylation is 1. The second-order valence-electron chi connectivity index (χ2n) is 6.34. The Morgan fingerprint density at radius 2 is 1.71 bits per heavy atom. The van der Waals surface area contributed by atoms with E-state index < -0.39 is 10.0 Å². The van der Waals surface area contributed by atoms with Gasteiger partial charge in [-0.25, -0.2) is 8.42 Å². The number of nitrogens with one attached hydrogen (secondary N) is 1. The van der Waals surface area contributed by atoms with E-state index in [4.69, 9.17) is 11.6 Å². The van der Waals surface area contributed by atoms with Crippen molar-refractivity contribution in [3.63, 3.8) is 0 Å². The zero-order valence-electron chi connectivity index (χ0n) is 16.8. The van der Waals surface area contributed by atoms with Gasteiger partial charge in [-0.1, -0.05) is 51.4 Å². The standard InChI is InChI=1S/C21H27ClN2O3S/c1-5-15-12-13-19(22)18(6-2)20(15)23-21(25)16-10-9-11-17(14-16)28(26,27)24(7-3)8-4/h9-14H,5-8H2,1-4H3,(H,23,25). The third kappa shape index (κ3) is 4.57. The van der Waals surface area contributed by atoms with Crippen molar-refractivity contribution in [2.75, 3.05) is 18.4 Å². The van der Waals surface area contributed by atoms with E-state index in [1.165, 1.54) is 16.4 Å². The Hall–Kier alpha value is -1.89. The summed E-state index contributed by atoms with van der Waals surface area (Å²) in [4.78, 5) is 13.0. The Morgan fingerprint density at radius 1 is 1.04 bits per heavy atom. The highest BCUT2D eigenvalue weighted by Crippen LogP contribution is 2.30. The minimum Gasteiger partial charge on any atom is -0.321 e. The van der Waals surface area contributed by atoms with Crippen molar-refractivity contribution in [2.45, 2.75) is 45.4 Å². The summed E-state index contributed by atoms with van der Waals surface area (Å²) < 4.78 is 26.9. The maximum atomic E-state index is 12.9. The number of carbonyl (C=O) groups excluding carboxylic acids is 1. The fourth-order valence-electron chi connectivity index (χ4n) is 3.16. The molecular weight excluding hydrogens is 396 g/mol. The van der Waals surface area contributed by atoms with E-state index in [0.29, 0.717) is 30.2 Å². The Kier molecular flexibility index (Phi) is 7.63. The molecule has 2 aromatic carbocycles. The molecule has 0 aliphatic rings. The second-order valence-corrected chi connectivity index (χ2v) is 8.68. The van der Waals surface area contributed by atoms with E-state index in [1.807, 2.05) is 26.0 Å². The Balaban J connectivity index is 2.41. The van der Waals surface area contributed by atoms with E-state index in [0.717, 1.165) is 17.5 Å². The molecule has 7 heteroatoms. The minimum absolute atomic E-state index is 0.112. The van der Waals surface area contributed by atoms with Crippen LogP contribution in [0.2, 0.25) is 5.02 Å². The van der Waals surface area contributed by atoms with Gasteiger partial charge in [0.25, 0.3) is 5.91 Å². The van der Waals surface area contributed by atoms with Gasteiger partial charge < -0.3 is 5.32 Å². The van der Waals surface area contributed by atoms with E-state index in [1.54, 1.807) is 26.0 Å². The highest BCUT2D eigenvalue weighted by Gasteiger charge is 2.23. The molecule has 28 heavy (non-hydrogen) atoms. The predicted octanol–water partition coefficient (Wildman–Crippen LogP) is 4.75. The first kappa shape index (κ1) is 22.4. The molecule has 0 unspecified atom stereocenters. The van der Waals surface area contributed by atoms with Gasteiger partial charge in [-0.3, -0.25) is 4.79 Å². The molecule has 1 amide bonds. The lowest BCUT2D eigenvalue weighted by atomic mass is 10.0. The number of halogens is 1. The van der Waals surface area contributed by atoms with Crippen LogP contribution in [0.1, 0.15) is 49.2 Å². The SMILES string of the molecule is CCc1ccc(Cl)c(CC)c1NC(=O)c1cccc(S(=O)(=O)N(CC)CC)c1. The quantitative estimate of drug-likeness (QED) is 0.667. The summed E-state index contributed by atoms with van der Waals surface area (Å²) in [7, 11) is -3.63. The van der Waals surface area contributed by atoms with Crippen molar-refractivity contribution in [2.24, 2.45) is 0 Å². The number of carbonyl (C=O) groups is 1. The number of anilines is 1. The van der Waals surface area contributed by atoms with Crippen LogP contribution in [0.4, 0.5) is 5.69 Å². The monoisotopic (exact) mass is 422 g/mol. The lowest BCUT2D eigenvalue weighted by Gasteiger charge is -2.19. The summed E-state index contributed by atoms with van der Waals surface area (Å²) in [6, 6.07) is 9.87. The molecule has 0 spiro atoms. The summed E-state index contributed by atoms with van der Waals surface area (Å²) in [5.41, 5.74) is 2.86. The maximum Gasteiger partial charge on any atom is 0.255 e. The van der Waals surface area contributed by atoms with Crippen molar-refractivity contribution in [1.29, 1.82) is 0 Å². The number of amides is 1. The van der Waals surface area contributed by atoms with Gasteiger partial charge in [-0.2, -0.15) is 4.31 Å². The molecule has 0 aliphatic carbocycles. The van der Waals surface area contributed by atoms with Crippen LogP contribution < -0.4 is 5.32 Å². The lowest BCUT2D eigenvalue weighted by Crippen LogP contribution is -2.30. The summed E-state index contributed by atoms with van der Waals surface area (Å²) in [6.45, 7) is 8.31. The van der Waals surface area contributed by atoms with Crippen molar-refractivity contribution in [3.05, 3.63) is 58.1 Å². The van der Waals surface area contributed by atoms with Crippen LogP contribution in [0, 0.1) is 0 Å². The fourth-order valence-corrected chi connectivity index (χ4v) is 4.96. The molecule has 1 N–H and O–H groups in total. The lowest BCUT2D eigenvalue weighted by molar-refractivity contribution is 0.102. The summed E-state index contributed by atoms with van der Waals surface area (Å²) in [6.07, 6.45) is 1.43. The molecular formula is C21H27ClN2O3S. The van der Waals surface area contributed by atoms with Crippen molar-refractivity contribution in [3.8, 4) is 0 Å². The number of sulfonamides is 1. The van der Waals surface area contributed by atoms with Crippen LogP contribution in [0.25, 0.3) is 0 Å².